The third kappa shape index (κ3) is 2.50. The number of benzene rings is 1. The number of hydrogen-bond donors (Lipinski definition) is 1. The van der Waals surface area contributed by atoms with Gasteiger partial charge in [0.15, 0.2) is 11.5 Å². The molecular formula is C14H12F2N4. The second kappa shape index (κ2) is 5.34. The SMILES string of the molecule is Fc1ccc(F)c(CNCc2nnc3ccccn23)c1. The van der Waals surface area contributed by atoms with Crippen molar-refractivity contribution in [3.63, 3.8) is 0 Å². The average Bonchev–Trinajstić information content (AvgIpc) is 2.86. The molecule has 0 bridgehead atoms. The lowest BCUT2D eigenvalue weighted by molar-refractivity contribution is 0.564. The summed E-state index contributed by atoms with van der Waals surface area (Å²) >= 11 is 0. The Hall–Kier alpha value is -2.34. The summed E-state index contributed by atoms with van der Waals surface area (Å²) in [5, 5.41) is 11.1. The summed E-state index contributed by atoms with van der Waals surface area (Å²) in [5.41, 5.74) is 1.04. The molecule has 20 heavy (non-hydrogen) atoms. The number of nitrogens with one attached hydrogen (secondary N) is 1. The van der Waals surface area contributed by atoms with Gasteiger partial charge in [0.25, 0.3) is 0 Å². The van der Waals surface area contributed by atoms with Gasteiger partial charge in [-0.1, -0.05) is 6.07 Å². The van der Waals surface area contributed by atoms with Gasteiger partial charge in [-0.15, -0.1) is 10.2 Å². The molecule has 6 heteroatoms. The zero-order valence-corrected chi connectivity index (χ0v) is 10.6. The molecule has 1 aromatic carbocycles. The van der Waals surface area contributed by atoms with Crippen LogP contribution in [0.15, 0.2) is 42.6 Å². The number of aromatic nitrogens is 3. The van der Waals surface area contributed by atoms with Crippen molar-refractivity contribution in [2.75, 3.05) is 0 Å². The van der Waals surface area contributed by atoms with Crippen LogP contribution in [-0.2, 0) is 13.1 Å². The molecule has 0 aliphatic carbocycles. The zero-order valence-electron chi connectivity index (χ0n) is 10.6. The van der Waals surface area contributed by atoms with E-state index in [1.54, 1.807) is 0 Å². The summed E-state index contributed by atoms with van der Waals surface area (Å²) in [4.78, 5) is 0. The van der Waals surface area contributed by atoms with E-state index in [4.69, 9.17) is 0 Å². The van der Waals surface area contributed by atoms with E-state index >= 15 is 0 Å². The van der Waals surface area contributed by atoms with Crippen molar-refractivity contribution in [3.8, 4) is 0 Å². The number of nitrogens with zero attached hydrogens (tertiary/aromatic N) is 3. The summed E-state index contributed by atoms with van der Waals surface area (Å²) in [6, 6.07) is 9.02. The summed E-state index contributed by atoms with van der Waals surface area (Å²) in [6.45, 7) is 0.645. The molecule has 1 N–H and O–H groups in total. The van der Waals surface area contributed by atoms with Crippen LogP contribution in [0.2, 0.25) is 0 Å². The van der Waals surface area contributed by atoms with Gasteiger partial charge >= 0.3 is 0 Å². The van der Waals surface area contributed by atoms with Gasteiger partial charge in [0, 0.05) is 18.3 Å². The monoisotopic (exact) mass is 274 g/mol. The summed E-state index contributed by atoms with van der Waals surface area (Å²) in [6.07, 6.45) is 1.86. The molecule has 2 aromatic heterocycles. The maximum Gasteiger partial charge on any atom is 0.160 e. The normalized spacial score (nSPS) is 11.1. The molecule has 0 aliphatic heterocycles. The average molecular weight is 274 g/mol. The van der Waals surface area contributed by atoms with E-state index in [1.165, 1.54) is 6.07 Å². The standard InChI is InChI=1S/C14H12F2N4/c15-11-4-5-12(16)10(7-11)8-17-9-14-19-18-13-3-1-2-6-20(13)14/h1-7,17H,8-9H2. The molecule has 0 atom stereocenters. The lowest BCUT2D eigenvalue weighted by Gasteiger charge is -2.05. The minimum absolute atomic E-state index is 0.228. The Morgan fingerprint density at radius 2 is 1.95 bits per heavy atom. The molecule has 0 radical (unpaired) electrons. The van der Waals surface area contributed by atoms with Crippen molar-refractivity contribution in [2.24, 2.45) is 0 Å². The number of rotatable bonds is 4. The quantitative estimate of drug-likeness (QED) is 0.793. The van der Waals surface area contributed by atoms with Crippen LogP contribution in [0, 0.1) is 11.6 Å². The van der Waals surface area contributed by atoms with E-state index in [0.29, 0.717) is 12.1 Å². The Morgan fingerprint density at radius 3 is 2.85 bits per heavy atom. The number of fused-ring (bicyclic) bond motifs is 1. The first kappa shape index (κ1) is 12.7. The summed E-state index contributed by atoms with van der Waals surface area (Å²) in [7, 11) is 0. The largest absolute Gasteiger partial charge is 0.306 e. The van der Waals surface area contributed by atoms with Crippen molar-refractivity contribution in [1.29, 1.82) is 0 Å². The molecule has 0 fully saturated rings. The fourth-order valence-electron chi connectivity index (χ4n) is 2.00. The zero-order chi connectivity index (χ0) is 13.9. The molecule has 0 unspecified atom stereocenters. The minimum atomic E-state index is -0.448. The van der Waals surface area contributed by atoms with E-state index in [9.17, 15) is 8.78 Å². The maximum atomic E-state index is 13.4. The molecule has 0 amide bonds. The first-order chi connectivity index (χ1) is 9.74. The molecule has 0 spiro atoms. The van der Waals surface area contributed by atoms with Crippen molar-refractivity contribution < 1.29 is 8.78 Å². The molecule has 3 aromatic rings. The number of halogens is 2. The van der Waals surface area contributed by atoms with Gasteiger partial charge in [-0.05, 0) is 30.3 Å². The lowest BCUT2D eigenvalue weighted by Crippen LogP contribution is -2.16. The van der Waals surface area contributed by atoms with Crippen molar-refractivity contribution in [1.82, 2.24) is 19.9 Å². The van der Waals surface area contributed by atoms with Crippen molar-refractivity contribution in [2.45, 2.75) is 13.1 Å². The molecule has 4 nitrogen and oxygen atoms in total. The van der Waals surface area contributed by atoms with E-state index in [2.05, 4.69) is 15.5 Å². The third-order valence-electron chi connectivity index (χ3n) is 2.99. The highest BCUT2D eigenvalue weighted by Gasteiger charge is 2.06. The van der Waals surface area contributed by atoms with Gasteiger partial charge < -0.3 is 5.32 Å². The Balaban J connectivity index is 1.69. The predicted molar refractivity (Wildman–Crippen MR) is 69.9 cm³/mol. The van der Waals surface area contributed by atoms with E-state index < -0.39 is 11.6 Å². The highest BCUT2D eigenvalue weighted by Crippen LogP contribution is 2.09. The second-order valence-electron chi connectivity index (χ2n) is 4.38. The summed E-state index contributed by atoms with van der Waals surface area (Å²) in [5.74, 6) is -0.154. The first-order valence-corrected chi connectivity index (χ1v) is 6.17. The van der Waals surface area contributed by atoms with Crippen LogP contribution >= 0.6 is 0 Å². The molecule has 0 saturated carbocycles. The van der Waals surface area contributed by atoms with Crippen LogP contribution < -0.4 is 5.32 Å². The Labute approximate surface area is 114 Å². The fourth-order valence-corrected chi connectivity index (χ4v) is 2.00. The van der Waals surface area contributed by atoms with E-state index in [1.807, 2.05) is 28.8 Å². The first-order valence-electron chi connectivity index (χ1n) is 6.17. The topological polar surface area (TPSA) is 42.2 Å². The smallest absolute Gasteiger partial charge is 0.160 e. The summed E-state index contributed by atoms with van der Waals surface area (Å²) < 4.78 is 28.3. The molecule has 3 rings (SSSR count). The molecule has 0 saturated heterocycles. The van der Waals surface area contributed by atoms with Crippen LogP contribution in [0.4, 0.5) is 8.78 Å². The Kier molecular flexibility index (Phi) is 3.39. The van der Waals surface area contributed by atoms with Gasteiger partial charge in [0.2, 0.25) is 0 Å². The van der Waals surface area contributed by atoms with Crippen LogP contribution in [0.1, 0.15) is 11.4 Å². The van der Waals surface area contributed by atoms with Crippen LogP contribution in [-0.4, -0.2) is 14.6 Å². The maximum absolute atomic E-state index is 13.4. The van der Waals surface area contributed by atoms with Gasteiger partial charge in [0.05, 0.1) is 6.54 Å². The van der Waals surface area contributed by atoms with Crippen molar-refractivity contribution in [3.05, 3.63) is 65.6 Å². The van der Waals surface area contributed by atoms with Gasteiger partial charge in [0.1, 0.15) is 11.6 Å². The van der Waals surface area contributed by atoms with Crippen molar-refractivity contribution >= 4 is 5.65 Å². The lowest BCUT2D eigenvalue weighted by atomic mass is 10.2. The molecule has 102 valence electrons. The fraction of sp³-hybridized carbons (Fsp3) is 0.143. The van der Waals surface area contributed by atoms with E-state index in [-0.39, 0.29) is 6.54 Å². The van der Waals surface area contributed by atoms with Gasteiger partial charge in [-0.25, -0.2) is 8.78 Å². The van der Waals surface area contributed by atoms with E-state index in [0.717, 1.165) is 23.6 Å². The molecular weight excluding hydrogens is 262 g/mol. The van der Waals surface area contributed by atoms with Crippen LogP contribution in [0.5, 0.6) is 0 Å². The molecule has 0 aliphatic rings. The Morgan fingerprint density at radius 1 is 1.05 bits per heavy atom. The number of pyridine rings is 1. The predicted octanol–water partition coefficient (Wildman–Crippen LogP) is 2.30. The molecule has 2 heterocycles. The van der Waals surface area contributed by atoms with Crippen LogP contribution in [0.3, 0.4) is 0 Å². The van der Waals surface area contributed by atoms with Gasteiger partial charge in [-0.2, -0.15) is 0 Å². The Bertz CT molecular complexity index is 739. The van der Waals surface area contributed by atoms with Crippen LogP contribution in [0.25, 0.3) is 5.65 Å². The van der Waals surface area contributed by atoms with Gasteiger partial charge in [-0.3, -0.25) is 4.40 Å². The number of hydrogen-bond acceptors (Lipinski definition) is 3. The highest BCUT2D eigenvalue weighted by molar-refractivity contribution is 5.36. The third-order valence-corrected chi connectivity index (χ3v) is 2.99. The minimum Gasteiger partial charge on any atom is -0.306 e. The highest BCUT2D eigenvalue weighted by atomic mass is 19.1. The second-order valence-corrected chi connectivity index (χ2v) is 4.38.